The standard InChI is InChI=1S/C12H10.C2H3BrO/c1-3-7-11(8-4-1)12-9-5-2-6-10-12;1-2(3)4/h1-10H;1H3. The molecule has 0 unspecified atom stereocenters. The molecule has 0 atom stereocenters. The lowest BCUT2D eigenvalue weighted by molar-refractivity contribution is -0.108. The zero-order valence-corrected chi connectivity index (χ0v) is 10.6. The van der Waals surface area contributed by atoms with Crippen molar-refractivity contribution in [2.24, 2.45) is 0 Å². The van der Waals surface area contributed by atoms with Crippen LogP contribution in [-0.4, -0.2) is 4.69 Å². The van der Waals surface area contributed by atoms with E-state index in [-0.39, 0.29) is 4.69 Å². The van der Waals surface area contributed by atoms with Gasteiger partial charge in [-0.3, -0.25) is 4.79 Å². The Morgan fingerprint density at radius 1 is 0.812 bits per heavy atom. The van der Waals surface area contributed by atoms with Gasteiger partial charge in [0, 0.05) is 6.92 Å². The van der Waals surface area contributed by atoms with E-state index in [4.69, 9.17) is 0 Å². The summed E-state index contributed by atoms with van der Waals surface area (Å²) in [5, 5.41) is 0. The summed E-state index contributed by atoms with van der Waals surface area (Å²) in [6.45, 7) is 1.44. The van der Waals surface area contributed by atoms with Crippen molar-refractivity contribution in [1.82, 2.24) is 0 Å². The van der Waals surface area contributed by atoms with Gasteiger partial charge < -0.3 is 0 Å². The third kappa shape index (κ3) is 4.89. The van der Waals surface area contributed by atoms with E-state index in [1.54, 1.807) is 0 Å². The molecule has 0 saturated carbocycles. The predicted molar refractivity (Wildman–Crippen MR) is 71.5 cm³/mol. The molecule has 2 aromatic rings. The summed E-state index contributed by atoms with van der Waals surface area (Å²) >= 11 is 2.63. The Morgan fingerprint density at radius 3 is 1.31 bits per heavy atom. The second kappa shape index (κ2) is 6.96. The molecule has 0 N–H and O–H groups in total. The third-order valence-corrected chi connectivity index (χ3v) is 1.88. The summed E-state index contributed by atoms with van der Waals surface area (Å²) in [7, 11) is 0. The largest absolute Gasteiger partial charge is 0.287 e. The van der Waals surface area contributed by atoms with Crippen LogP contribution in [0.4, 0.5) is 0 Å². The predicted octanol–water partition coefficient (Wildman–Crippen LogP) is 4.28. The highest BCUT2D eigenvalue weighted by Gasteiger charge is 1.91. The molecule has 0 aliphatic carbocycles. The first-order valence-corrected chi connectivity index (χ1v) is 5.76. The lowest BCUT2D eigenvalue weighted by Gasteiger charge is -1.98. The van der Waals surface area contributed by atoms with Crippen molar-refractivity contribution in [1.29, 1.82) is 0 Å². The fourth-order valence-corrected chi connectivity index (χ4v) is 1.26. The molecule has 0 aliphatic rings. The number of carbonyl (C=O) groups is 1. The van der Waals surface area contributed by atoms with Crippen LogP contribution in [0.5, 0.6) is 0 Å². The molecule has 0 aliphatic heterocycles. The zero-order chi connectivity index (χ0) is 11.8. The van der Waals surface area contributed by atoms with Crippen LogP contribution < -0.4 is 0 Å². The van der Waals surface area contributed by atoms with Crippen molar-refractivity contribution in [3.63, 3.8) is 0 Å². The topological polar surface area (TPSA) is 17.1 Å². The Labute approximate surface area is 104 Å². The molecular formula is C14H13BrO. The maximum absolute atomic E-state index is 9.36. The smallest absolute Gasteiger partial charge is 0.194 e. The first kappa shape index (κ1) is 12.7. The van der Waals surface area contributed by atoms with Crippen molar-refractivity contribution in [3.05, 3.63) is 60.7 Å². The number of carbonyl (C=O) groups excluding carboxylic acids is 1. The lowest BCUT2D eigenvalue weighted by atomic mass is 10.1. The molecule has 0 aromatic heterocycles. The molecule has 16 heavy (non-hydrogen) atoms. The van der Waals surface area contributed by atoms with Gasteiger partial charge in [0.05, 0.1) is 0 Å². The van der Waals surface area contributed by atoms with Crippen LogP contribution in [-0.2, 0) is 4.79 Å². The van der Waals surface area contributed by atoms with E-state index in [0.29, 0.717) is 0 Å². The van der Waals surface area contributed by atoms with Gasteiger partial charge in [-0.2, -0.15) is 0 Å². The summed E-state index contributed by atoms with van der Waals surface area (Å²) in [6.07, 6.45) is 0. The average molecular weight is 277 g/mol. The second-order valence-corrected chi connectivity index (χ2v) is 4.32. The zero-order valence-electron chi connectivity index (χ0n) is 9.06. The van der Waals surface area contributed by atoms with E-state index < -0.39 is 0 Å². The Bertz CT molecular complexity index is 382. The average Bonchev–Trinajstić information content (AvgIpc) is 2.31. The van der Waals surface area contributed by atoms with Gasteiger partial charge in [-0.1, -0.05) is 60.7 Å². The number of hydrogen-bond donors (Lipinski definition) is 0. The highest BCUT2D eigenvalue weighted by atomic mass is 79.9. The van der Waals surface area contributed by atoms with Crippen molar-refractivity contribution >= 4 is 20.6 Å². The summed E-state index contributed by atoms with van der Waals surface area (Å²) in [5.74, 6) is 0. The maximum atomic E-state index is 9.36. The van der Waals surface area contributed by atoms with Crippen LogP contribution in [0.15, 0.2) is 60.7 Å². The number of hydrogen-bond acceptors (Lipinski definition) is 1. The SMILES string of the molecule is CC(=O)Br.c1ccc(-c2ccccc2)cc1. The van der Waals surface area contributed by atoms with Crippen molar-refractivity contribution in [3.8, 4) is 11.1 Å². The van der Waals surface area contributed by atoms with Gasteiger partial charge >= 0.3 is 0 Å². The highest BCUT2D eigenvalue weighted by Crippen LogP contribution is 2.17. The van der Waals surface area contributed by atoms with E-state index in [1.807, 2.05) is 12.1 Å². The van der Waals surface area contributed by atoms with Gasteiger partial charge in [-0.25, -0.2) is 0 Å². The van der Waals surface area contributed by atoms with Gasteiger partial charge in [0.1, 0.15) is 0 Å². The fourth-order valence-electron chi connectivity index (χ4n) is 1.26. The minimum atomic E-state index is -0.0208. The van der Waals surface area contributed by atoms with Gasteiger partial charge in [0.2, 0.25) is 0 Å². The number of benzene rings is 2. The summed E-state index contributed by atoms with van der Waals surface area (Å²) < 4.78 is -0.0208. The van der Waals surface area contributed by atoms with Gasteiger partial charge in [0.25, 0.3) is 0 Å². The number of halogens is 1. The number of rotatable bonds is 1. The first-order chi connectivity index (χ1) is 7.70. The van der Waals surface area contributed by atoms with E-state index in [9.17, 15) is 4.79 Å². The normalized spacial score (nSPS) is 8.88. The quantitative estimate of drug-likeness (QED) is 0.711. The summed E-state index contributed by atoms with van der Waals surface area (Å²) in [5.41, 5.74) is 2.55. The van der Waals surface area contributed by atoms with Crippen LogP contribution in [0.3, 0.4) is 0 Å². The van der Waals surface area contributed by atoms with Gasteiger partial charge in [0.15, 0.2) is 4.69 Å². The van der Waals surface area contributed by atoms with Gasteiger partial charge in [-0.05, 0) is 27.1 Å². The van der Waals surface area contributed by atoms with Crippen LogP contribution in [0, 0.1) is 0 Å². The molecule has 2 aromatic carbocycles. The molecule has 1 nitrogen and oxygen atoms in total. The maximum Gasteiger partial charge on any atom is 0.194 e. The molecule has 82 valence electrons. The van der Waals surface area contributed by atoms with Crippen molar-refractivity contribution < 1.29 is 4.79 Å². The molecule has 0 radical (unpaired) electrons. The summed E-state index contributed by atoms with van der Waals surface area (Å²) in [6, 6.07) is 20.8. The Kier molecular flexibility index (Phi) is 5.51. The second-order valence-electron chi connectivity index (χ2n) is 3.20. The van der Waals surface area contributed by atoms with E-state index in [0.717, 1.165) is 0 Å². The molecule has 2 rings (SSSR count). The molecular weight excluding hydrogens is 264 g/mol. The van der Waals surface area contributed by atoms with Crippen molar-refractivity contribution in [2.45, 2.75) is 6.92 Å². The van der Waals surface area contributed by atoms with Crippen LogP contribution in [0.1, 0.15) is 6.92 Å². The molecule has 2 heteroatoms. The fraction of sp³-hybridized carbons (Fsp3) is 0.0714. The molecule has 0 spiro atoms. The summed E-state index contributed by atoms with van der Waals surface area (Å²) in [4.78, 5) is 9.36. The van der Waals surface area contributed by atoms with E-state index in [2.05, 4.69) is 64.5 Å². The Hall–Kier alpha value is -1.41. The highest BCUT2D eigenvalue weighted by molar-refractivity contribution is 9.18. The molecule has 0 amide bonds. The Morgan fingerprint density at radius 2 is 1.06 bits per heavy atom. The van der Waals surface area contributed by atoms with Gasteiger partial charge in [-0.15, -0.1) is 0 Å². The first-order valence-electron chi connectivity index (χ1n) is 4.96. The van der Waals surface area contributed by atoms with E-state index in [1.165, 1.54) is 18.1 Å². The Balaban J connectivity index is 0.000000280. The monoisotopic (exact) mass is 276 g/mol. The van der Waals surface area contributed by atoms with Crippen LogP contribution >= 0.6 is 15.9 Å². The lowest BCUT2D eigenvalue weighted by Crippen LogP contribution is -1.73. The minimum Gasteiger partial charge on any atom is -0.287 e. The third-order valence-electron chi connectivity index (χ3n) is 1.88. The molecule has 0 heterocycles. The van der Waals surface area contributed by atoms with Crippen LogP contribution in [0.2, 0.25) is 0 Å². The van der Waals surface area contributed by atoms with Crippen molar-refractivity contribution in [2.75, 3.05) is 0 Å². The molecule has 0 bridgehead atoms. The molecule has 0 fully saturated rings. The van der Waals surface area contributed by atoms with Crippen LogP contribution in [0.25, 0.3) is 11.1 Å². The van der Waals surface area contributed by atoms with E-state index >= 15 is 0 Å². The molecule has 0 saturated heterocycles. The minimum absolute atomic E-state index is 0.0208.